The summed E-state index contributed by atoms with van der Waals surface area (Å²) in [4.78, 5) is 32.7. The average Bonchev–Trinajstić information content (AvgIpc) is 3.16. The lowest BCUT2D eigenvalue weighted by Gasteiger charge is -2.22. The first-order valence-corrected chi connectivity index (χ1v) is 8.00. The van der Waals surface area contributed by atoms with Gasteiger partial charge in [-0.25, -0.2) is 4.98 Å². The Morgan fingerprint density at radius 1 is 1.50 bits per heavy atom. The molecule has 0 aliphatic carbocycles. The molecule has 3 heterocycles. The number of thiazole rings is 1. The molecule has 1 aliphatic rings. The summed E-state index contributed by atoms with van der Waals surface area (Å²) >= 11 is 1.56. The monoisotopic (exact) mass is 319 g/mol. The summed E-state index contributed by atoms with van der Waals surface area (Å²) in [7, 11) is 0. The molecule has 2 unspecified atom stereocenters. The zero-order valence-electron chi connectivity index (χ0n) is 12.4. The van der Waals surface area contributed by atoms with Gasteiger partial charge >= 0.3 is 5.97 Å². The van der Waals surface area contributed by atoms with Gasteiger partial charge in [-0.2, -0.15) is 0 Å². The van der Waals surface area contributed by atoms with Crippen LogP contribution in [0.2, 0.25) is 0 Å². The molecule has 0 aromatic carbocycles. The van der Waals surface area contributed by atoms with E-state index in [4.69, 9.17) is 5.11 Å². The molecule has 2 N–H and O–H groups in total. The Kier molecular flexibility index (Phi) is 3.74. The highest BCUT2D eigenvalue weighted by Gasteiger charge is 2.38. The van der Waals surface area contributed by atoms with E-state index < -0.39 is 11.9 Å². The molecule has 2 atom stereocenters. The van der Waals surface area contributed by atoms with E-state index in [9.17, 15) is 9.59 Å². The Hall–Kier alpha value is -2.15. The number of nitrogens with one attached hydrogen (secondary N) is 1. The number of rotatable bonds is 3. The van der Waals surface area contributed by atoms with Crippen LogP contribution in [0.4, 0.5) is 0 Å². The van der Waals surface area contributed by atoms with E-state index in [1.165, 1.54) is 0 Å². The largest absolute Gasteiger partial charge is 0.481 e. The van der Waals surface area contributed by atoms with Crippen LogP contribution in [0, 0.1) is 12.8 Å². The summed E-state index contributed by atoms with van der Waals surface area (Å²) in [6, 6.07) is 1.48. The number of aliphatic carboxylic acids is 1. The summed E-state index contributed by atoms with van der Waals surface area (Å²) in [5.74, 6) is -1.48. The van der Waals surface area contributed by atoms with E-state index >= 15 is 0 Å². The minimum atomic E-state index is -0.840. The fourth-order valence-electron chi connectivity index (χ4n) is 2.87. The fraction of sp³-hybridized carbons (Fsp3) is 0.400. The van der Waals surface area contributed by atoms with Crippen LogP contribution < -0.4 is 0 Å². The standard InChI is InChI=1S/C15H17N3O3S/c1-8-11(15(20)21)3-4-18(8)14(19)12-5-10(6-16-12)13-7-22-9(2)17-13/h5-8,11,16H,3-4H2,1-2H3,(H,20,21). The predicted molar refractivity (Wildman–Crippen MR) is 82.9 cm³/mol. The second-order valence-corrected chi connectivity index (χ2v) is 6.59. The van der Waals surface area contributed by atoms with Crippen LogP contribution in [0.15, 0.2) is 17.6 Å². The molecular formula is C15H17N3O3S. The zero-order chi connectivity index (χ0) is 15.9. The van der Waals surface area contributed by atoms with Crippen LogP contribution in [0.25, 0.3) is 11.3 Å². The van der Waals surface area contributed by atoms with Crippen molar-refractivity contribution >= 4 is 23.2 Å². The molecule has 1 aliphatic heterocycles. The van der Waals surface area contributed by atoms with Crippen molar-refractivity contribution in [1.82, 2.24) is 14.9 Å². The molecular weight excluding hydrogens is 302 g/mol. The number of aryl methyl sites for hydroxylation is 1. The Balaban J connectivity index is 1.79. The maximum absolute atomic E-state index is 12.6. The molecule has 0 saturated carbocycles. The average molecular weight is 319 g/mol. The van der Waals surface area contributed by atoms with Gasteiger partial charge in [0.15, 0.2) is 0 Å². The van der Waals surface area contributed by atoms with Gasteiger partial charge in [0, 0.05) is 29.7 Å². The number of carbonyl (C=O) groups excluding carboxylic acids is 1. The van der Waals surface area contributed by atoms with Crippen molar-refractivity contribution in [3.8, 4) is 11.3 Å². The number of H-pyrrole nitrogens is 1. The summed E-state index contributed by atoms with van der Waals surface area (Å²) in [5, 5.41) is 12.1. The van der Waals surface area contributed by atoms with Crippen LogP contribution in [-0.2, 0) is 4.79 Å². The van der Waals surface area contributed by atoms with Crippen LogP contribution in [-0.4, -0.2) is 44.4 Å². The first kappa shape index (κ1) is 14.8. The van der Waals surface area contributed by atoms with Gasteiger partial charge in [-0.3, -0.25) is 9.59 Å². The van der Waals surface area contributed by atoms with Crippen LogP contribution in [0.3, 0.4) is 0 Å². The van der Waals surface area contributed by atoms with E-state index in [0.717, 1.165) is 16.3 Å². The summed E-state index contributed by atoms with van der Waals surface area (Å²) in [5.41, 5.74) is 2.18. The molecule has 1 amide bonds. The smallest absolute Gasteiger partial charge is 0.308 e. The fourth-order valence-corrected chi connectivity index (χ4v) is 3.49. The normalized spacial score (nSPS) is 21.3. The molecule has 1 fully saturated rings. The number of aromatic nitrogens is 2. The number of carboxylic acid groups (broad SMARTS) is 1. The van der Waals surface area contributed by atoms with Gasteiger partial charge in [0.25, 0.3) is 5.91 Å². The maximum atomic E-state index is 12.6. The number of hydrogen-bond donors (Lipinski definition) is 2. The third-order valence-corrected chi connectivity index (χ3v) is 4.93. The number of likely N-dealkylation sites (tertiary alicyclic amines) is 1. The summed E-state index contributed by atoms with van der Waals surface area (Å²) in [6.07, 6.45) is 2.26. The lowest BCUT2D eigenvalue weighted by Crippen LogP contribution is -2.37. The minimum Gasteiger partial charge on any atom is -0.481 e. The van der Waals surface area contributed by atoms with Crippen molar-refractivity contribution in [2.45, 2.75) is 26.3 Å². The Labute approximate surface area is 131 Å². The third kappa shape index (κ3) is 2.52. The molecule has 3 rings (SSSR count). The molecule has 1 saturated heterocycles. The highest BCUT2D eigenvalue weighted by molar-refractivity contribution is 7.09. The number of nitrogens with zero attached hydrogens (tertiary/aromatic N) is 2. The van der Waals surface area contributed by atoms with Gasteiger partial charge in [-0.1, -0.05) is 0 Å². The van der Waals surface area contributed by atoms with E-state index in [1.54, 1.807) is 35.4 Å². The topological polar surface area (TPSA) is 86.3 Å². The van der Waals surface area contributed by atoms with Crippen molar-refractivity contribution in [3.63, 3.8) is 0 Å². The van der Waals surface area contributed by atoms with Crippen LogP contribution in [0.5, 0.6) is 0 Å². The number of carboxylic acids is 1. The highest BCUT2D eigenvalue weighted by atomic mass is 32.1. The van der Waals surface area contributed by atoms with E-state index in [0.29, 0.717) is 18.7 Å². The predicted octanol–water partition coefficient (Wildman–Crippen LogP) is 2.38. The van der Waals surface area contributed by atoms with Crippen LogP contribution >= 0.6 is 11.3 Å². The second kappa shape index (κ2) is 5.57. The second-order valence-electron chi connectivity index (χ2n) is 5.53. The van der Waals surface area contributed by atoms with Gasteiger partial charge < -0.3 is 15.0 Å². The highest BCUT2D eigenvalue weighted by Crippen LogP contribution is 2.27. The van der Waals surface area contributed by atoms with Crippen molar-refractivity contribution in [2.75, 3.05) is 6.54 Å². The molecule has 2 aromatic heterocycles. The number of amides is 1. The van der Waals surface area contributed by atoms with E-state index in [2.05, 4.69) is 9.97 Å². The van der Waals surface area contributed by atoms with Gasteiger partial charge in [0.05, 0.1) is 16.6 Å². The van der Waals surface area contributed by atoms with Gasteiger partial charge in [-0.05, 0) is 26.3 Å². The minimum absolute atomic E-state index is 0.158. The van der Waals surface area contributed by atoms with E-state index in [1.807, 2.05) is 12.3 Å². The molecule has 116 valence electrons. The molecule has 0 radical (unpaired) electrons. The zero-order valence-corrected chi connectivity index (χ0v) is 13.2. The van der Waals surface area contributed by atoms with Crippen LogP contribution in [0.1, 0.15) is 28.8 Å². The third-order valence-electron chi connectivity index (χ3n) is 4.16. The van der Waals surface area contributed by atoms with Gasteiger partial charge in [0.1, 0.15) is 5.69 Å². The lowest BCUT2D eigenvalue weighted by molar-refractivity contribution is -0.142. The van der Waals surface area contributed by atoms with Gasteiger partial charge in [-0.15, -0.1) is 11.3 Å². The SMILES string of the molecule is Cc1nc(-c2c[nH]c(C(=O)N3CCC(C(=O)O)C3C)c2)cs1. The molecule has 22 heavy (non-hydrogen) atoms. The molecule has 6 nitrogen and oxygen atoms in total. The molecule has 0 bridgehead atoms. The van der Waals surface area contributed by atoms with Crippen molar-refractivity contribution in [1.29, 1.82) is 0 Å². The molecule has 2 aromatic rings. The Morgan fingerprint density at radius 2 is 2.27 bits per heavy atom. The van der Waals surface area contributed by atoms with E-state index in [-0.39, 0.29) is 11.9 Å². The molecule has 0 spiro atoms. The number of hydrogen-bond acceptors (Lipinski definition) is 4. The first-order chi connectivity index (χ1) is 10.5. The summed E-state index contributed by atoms with van der Waals surface area (Å²) < 4.78 is 0. The molecule has 7 heteroatoms. The Morgan fingerprint density at radius 3 is 2.86 bits per heavy atom. The van der Waals surface area contributed by atoms with Crippen molar-refractivity contribution in [2.24, 2.45) is 5.92 Å². The lowest BCUT2D eigenvalue weighted by atomic mass is 10.0. The number of carbonyl (C=O) groups is 2. The quantitative estimate of drug-likeness (QED) is 0.909. The van der Waals surface area contributed by atoms with Gasteiger partial charge in [0.2, 0.25) is 0 Å². The summed E-state index contributed by atoms with van der Waals surface area (Å²) in [6.45, 7) is 4.20. The van der Waals surface area contributed by atoms with Crippen molar-refractivity contribution < 1.29 is 14.7 Å². The Bertz CT molecular complexity index is 721. The number of aromatic amines is 1. The maximum Gasteiger partial charge on any atom is 0.308 e. The van der Waals surface area contributed by atoms with Crippen molar-refractivity contribution in [3.05, 3.63) is 28.3 Å². The first-order valence-electron chi connectivity index (χ1n) is 7.12.